The molecule has 0 fully saturated rings. The van der Waals surface area contributed by atoms with Gasteiger partial charge in [0.2, 0.25) is 5.91 Å². The molecule has 15 heavy (non-hydrogen) atoms. The van der Waals surface area contributed by atoms with Crippen molar-refractivity contribution in [1.29, 1.82) is 0 Å². The zero-order valence-electron chi connectivity index (χ0n) is 7.67. The Balaban J connectivity index is 3.39. The summed E-state index contributed by atoms with van der Waals surface area (Å²) in [5, 5.41) is 11.2. The van der Waals surface area contributed by atoms with Crippen LogP contribution in [0.2, 0.25) is 0 Å². The predicted molar refractivity (Wildman–Crippen MR) is 47.7 cm³/mol. The van der Waals surface area contributed by atoms with E-state index in [1.165, 1.54) is 0 Å². The molecule has 0 atom stereocenters. The van der Waals surface area contributed by atoms with Crippen molar-refractivity contribution in [2.24, 2.45) is 0 Å². The first kappa shape index (κ1) is 11.1. The number of amides is 1. The van der Waals surface area contributed by atoms with Crippen LogP contribution in [0.1, 0.15) is 17.3 Å². The van der Waals surface area contributed by atoms with E-state index in [1.54, 1.807) is 0 Å². The number of hydrogen-bond acceptors (Lipinski definition) is 3. The normalized spacial score (nSPS) is 9.80. The topological polar surface area (TPSA) is 66.4 Å². The molecule has 4 nitrogen and oxygen atoms in total. The van der Waals surface area contributed by atoms with Crippen molar-refractivity contribution in [2.75, 3.05) is 5.32 Å². The molecule has 0 aliphatic heterocycles. The summed E-state index contributed by atoms with van der Waals surface area (Å²) >= 11 is 0. The second-order valence-electron chi connectivity index (χ2n) is 2.78. The van der Waals surface area contributed by atoms with Crippen LogP contribution < -0.4 is 5.32 Å². The van der Waals surface area contributed by atoms with Gasteiger partial charge < -0.3 is 10.4 Å². The summed E-state index contributed by atoms with van der Waals surface area (Å²) in [5.74, 6) is -4.21. The molecule has 0 radical (unpaired) electrons. The molecular weight excluding hydrogens is 208 g/mol. The molecule has 0 unspecified atom stereocenters. The smallest absolute Gasteiger partial charge is 0.221 e. The molecule has 1 aromatic carbocycles. The van der Waals surface area contributed by atoms with E-state index in [-0.39, 0.29) is 6.29 Å². The van der Waals surface area contributed by atoms with Crippen molar-refractivity contribution in [2.45, 2.75) is 6.92 Å². The molecule has 0 aliphatic rings. The first-order chi connectivity index (χ1) is 6.97. The molecule has 0 aromatic heterocycles. The summed E-state index contributed by atoms with van der Waals surface area (Å²) in [5.41, 5.74) is -1.16. The number of phenolic OH excluding ortho intramolecular Hbond substituents is 1. The van der Waals surface area contributed by atoms with E-state index < -0.39 is 34.5 Å². The number of aromatic hydroxyl groups is 1. The van der Waals surface area contributed by atoms with Crippen molar-refractivity contribution < 1.29 is 23.5 Å². The Kier molecular flexibility index (Phi) is 2.99. The van der Waals surface area contributed by atoms with Crippen LogP contribution in [0.25, 0.3) is 0 Å². The van der Waals surface area contributed by atoms with Crippen LogP contribution in [0.15, 0.2) is 6.07 Å². The molecule has 1 rings (SSSR count). The van der Waals surface area contributed by atoms with Crippen LogP contribution in [0.5, 0.6) is 5.75 Å². The molecule has 0 saturated carbocycles. The standard InChI is InChI=1S/C9H7F2NO3/c1-4(14)12-8-7(11)6(10)2-5(3-13)9(8)15/h2-3,15H,1H3,(H,12,14). The summed E-state index contributed by atoms with van der Waals surface area (Å²) in [6.45, 7) is 1.06. The first-order valence-corrected chi connectivity index (χ1v) is 3.91. The van der Waals surface area contributed by atoms with E-state index in [4.69, 9.17) is 0 Å². The second kappa shape index (κ2) is 4.04. The molecule has 1 amide bonds. The van der Waals surface area contributed by atoms with Crippen LogP contribution in [0, 0.1) is 11.6 Å². The van der Waals surface area contributed by atoms with Crippen molar-refractivity contribution in [3.8, 4) is 5.75 Å². The van der Waals surface area contributed by atoms with E-state index in [1.807, 2.05) is 5.32 Å². The third-order valence-electron chi connectivity index (χ3n) is 1.65. The molecule has 80 valence electrons. The highest BCUT2D eigenvalue weighted by atomic mass is 19.2. The maximum Gasteiger partial charge on any atom is 0.221 e. The van der Waals surface area contributed by atoms with Gasteiger partial charge in [0.1, 0.15) is 5.69 Å². The zero-order valence-corrected chi connectivity index (χ0v) is 7.67. The van der Waals surface area contributed by atoms with Gasteiger partial charge in [-0.15, -0.1) is 0 Å². The van der Waals surface area contributed by atoms with Crippen LogP contribution >= 0.6 is 0 Å². The van der Waals surface area contributed by atoms with E-state index >= 15 is 0 Å². The lowest BCUT2D eigenvalue weighted by molar-refractivity contribution is -0.114. The minimum Gasteiger partial charge on any atom is -0.505 e. The van der Waals surface area contributed by atoms with Gasteiger partial charge in [0.15, 0.2) is 23.7 Å². The molecule has 0 spiro atoms. The maximum atomic E-state index is 13.1. The van der Waals surface area contributed by atoms with Gasteiger partial charge in [0.05, 0.1) is 5.56 Å². The predicted octanol–water partition coefficient (Wildman–Crippen LogP) is 1.44. The van der Waals surface area contributed by atoms with Crippen LogP contribution in [-0.4, -0.2) is 17.3 Å². The van der Waals surface area contributed by atoms with Crippen LogP contribution in [-0.2, 0) is 4.79 Å². The van der Waals surface area contributed by atoms with E-state index in [0.29, 0.717) is 6.07 Å². The lowest BCUT2D eigenvalue weighted by atomic mass is 10.1. The molecule has 6 heteroatoms. The van der Waals surface area contributed by atoms with Crippen LogP contribution in [0.4, 0.5) is 14.5 Å². The van der Waals surface area contributed by atoms with E-state index in [9.17, 15) is 23.5 Å². The van der Waals surface area contributed by atoms with Crippen molar-refractivity contribution in [1.82, 2.24) is 0 Å². The summed E-state index contributed by atoms with van der Waals surface area (Å²) < 4.78 is 25.9. The van der Waals surface area contributed by atoms with E-state index in [0.717, 1.165) is 6.92 Å². The third-order valence-corrected chi connectivity index (χ3v) is 1.65. The highest BCUT2D eigenvalue weighted by Crippen LogP contribution is 2.31. The highest BCUT2D eigenvalue weighted by molar-refractivity contribution is 5.93. The molecular formula is C9H7F2NO3. The highest BCUT2D eigenvalue weighted by Gasteiger charge is 2.18. The Morgan fingerprint density at radius 3 is 2.60 bits per heavy atom. The van der Waals surface area contributed by atoms with Gasteiger partial charge in [-0.05, 0) is 6.07 Å². The number of carbonyl (C=O) groups is 2. The zero-order chi connectivity index (χ0) is 11.6. The fourth-order valence-corrected chi connectivity index (χ4v) is 1.02. The summed E-state index contributed by atoms with van der Waals surface area (Å²) in [4.78, 5) is 21.0. The van der Waals surface area contributed by atoms with Crippen molar-refractivity contribution in [3.63, 3.8) is 0 Å². The Labute approximate surface area is 83.5 Å². The minimum absolute atomic E-state index is 0.156. The number of hydrogen-bond donors (Lipinski definition) is 2. The van der Waals surface area contributed by atoms with Gasteiger partial charge in [0.25, 0.3) is 0 Å². The molecule has 0 heterocycles. The van der Waals surface area contributed by atoms with Crippen molar-refractivity contribution >= 4 is 17.9 Å². The number of phenols is 1. The number of benzene rings is 1. The quantitative estimate of drug-likeness (QED) is 0.579. The van der Waals surface area contributed by atoms with Gasteiger partial charge in [-0.25, -0.2) is 8.78 Å². The largest absolute Gasteiger partial charge is 0.505 e. The average molecular weight is 215 g/mol. The van der Waals surface area contributed by atoms with Gasteiger partial charge >= 0.3 is 0 Å². The van der Waals surface area contributed by atoms with Gasteiger partial charge in [-0.3, -0.25) is 9.59 Å². The van der Waals surface area contributed by atoms with E-state index in [2.05, 4.69) is 0 Å². The SMILES string of the molecule is CC(=O)Nc1c(O)c(C=O)cc(F)c1F. The lowest BCUT2D eigenvalue weighted by Crippen LogP contribution is -2.09. The van der Waals surface area contributed by atoms with Crippen LogP contribution in [0.3, 0.4) is 0 Å². The third kappa shape index (κ3) is 2.09. The maximum absolute atomic E-state index is 13.1. The number of anilines is 1. The molecule has 0 saturated heterocycles. The summed E-state index contributed by atoms with van der Waals surface area (Å²) in [7, 11) is 0. The number of carbonyl (C=O) groups excluding carboxylic acids is 2. The number of halogens is 2. The summed E-state index contributed by atoms with van der Waals surface area (Å²) in [6, 6.07) is 0.545. The van der Waals surface area contributed by atoms with Gasteiger partial charge in [-0.2, -0.15) is 0 Å². The van der Waals surface area contributed by atoms with Crippen molar-refractivity contribution in [3.05, 3.63) is 23.3 Å². The monoisotopic (exact) mass is 215 g/mol. The number of nitrogens with one attached hydrogen (secondary N) is 1. The molecule has 2 N–H and O–H groups in total. The Hall–Kier alpha value is -1.98. The second-order valence-corrected chi connectivity index (χ2v) is 2.78. The molecule has 0 bridgehead atoms. The number of rotatable bonds is 2. The van der Waals surface area contributed by atoms with Gasteiger partial charge in [0, 0.05) is 6.92 Å². The Morgan fingerprint density at radius 1 is 1.53 bits per heavy atom. The fraction of sp³-hybridized carbons (Fsp3) is 0.111. The lowest BCUT2D eigenvalue weighted by Gasteiger charge is -2.08. The van der Waals surface area contributed by atoms with Gasteiger partial charge in [-0.1, -0.05) is 0 Å². The minimum atomic E-state index is -1.41. The molecule has 0 aliphatic carbocycles. The summed E-state index contributed by atoms with van der Waals surface area (Å²) in [6.07, 6.45) is 0.156. The number of aldehydes is 1. The Morgan fingerprint density at radius 2 is 2.13 bits per heavy atom. The Bertz CT molecular complexity index is 432. The molecule has 1 aromatic rings. The fourth-order valence-electron chi connectivity index (χ4n) is 1.02. The average Bonchev–Trinajstić information content (AvgIpc) is 2.18. The first-order valence-electron chi connectivity index (χ1n) is 3.91.